The first-order valence-corrected chi connectivity index (χ1v) is 5.89. The molecular formula is C13H15N3O. The predicted molar refractivity (Wildman–Crippen MR) is 67.0 cm³/mol. The quantitative estimate of drug-likeness (QED) is 0.849. The Morgan fingerprint density at radius 3 is 2.82 bits per heavy atom. The fourth-order valence-electron chi connectivity index (χ4n) is 2.28. The highest BCUT2D eigenvalue weighted by Crippen LogP contribution is 2.32. The molecule has 4 heteroatoms. The molecule has 1 N–H and O–H groups in total. The Morgan fingerprint density at radius 1 is 1.29 bits per heavy atom. The van der Waals surface area contributed by atoms with Gasteiger partial charge in [0, 0.05) is 18.5 Å². The van der Waals surface area contributed by atoms with Crippen LogP contribution in [0.4, 0.5) is 5.82 Å². The maximum absolute atomic E-state index is 10.0. The van der Waals surface area contributed by atoms with Gasteiger partial charge in [0.25, 0.3) is 0 Å². The van der Waals surface area contributed by atoms with Crippen LogP contribution in [0.2, 0.25) is 0 Å². The molecule has 1 aliphatic rings. The fourth-order valence-corrected chi connectivity index (χ4v) is 2.28. The number of anilines is 1. The number of hydrogen-bond acceptors (Lipinski definition) is 4. The topological polar surface area (TPSA) is 49.2 Å². The number of aliphatic hydroxyl groups is 1. The first-order valence-electron chi connectivity index (χ1n) is 5.89. The van der Waals surface area contributed by atoms with Gasteiger partial charge in [-0.25, -0.2) is 9.97 Å². The van der Waals surface area contributed by atoms with Gasteiger partial charge in [0.15, 0.2) is 0 Å². The number of β-amino-alcohol motifs (C(OH)–C–C–N with tert-alkyl or cyclic N) is 1. The molecule has 4 nitrogen and oxygen atoms in total. The monoisotopic (exact) mass is 229 g/mol. The number of nitrogens with zero attached hydrogens (tertiary/aromatic N) is 3. The van der Waals surface area contributed by atoms with Gasteiger partial charge in [-0.2, -0.15) is 0 Å². The largest absolute Gasteiger partial charge is 0.386 e. The van der Waals surface area contributed by atoms with E-state index in [0.717, 1.165) is 23.1 Å². The van der Waals surface area contributed by atoms with Gasteiger partial charge in [0.1, 0.15) is 12.1 Å². The Hall–Kier alpha value is -1.68. The van der Waals surface area contributed by atoms with Crippen molar-refractivity contribution in [3.63, 3.8) is 0 Å². The number of aromatic nitrogens is 2. The summed E-state index contributed by atoms with van der Waals surface area (Å²) in [7, 11) is 0. The number of rotatable bonds is 2. The van der Waals surface area contributed by atoms with Crippen LogP contribution >= 0.6 is 0 Å². The summed E-state index contributed by atoms with van der Waals surface area (Å²) < 4.78 is 0. The molecular weight excluding hydrogens is 214 g/mol. The molecule has 1 saturated heterocycles. The first kappa shape index (κ1) is 10.5. The van der Waals surface area contributed by atoms with Crippen molar-refractivity contribution in [2.75, 3.05) is 18.0 Å². The molecule has 0 atom stereocenters. The standard InChI is InChI=1S/C13H15N3O/c1-2-13(17)7-16(8-13)12-10-5-3-4-6-11(10)14-9-15-12/h3-6,9,17H,2,7-8H2,1H3. The molecule has 3 rings (SSSR count). The third-order valence-electron chi connectivity index (χ3n) is 3.45. The van der Waals surface area contributed by atoms with E-state index >= 15 is 0 Å². The molecule has 1 aliphatic heterocycles. The van der Waals surface area contributed by atoms with E-state index in [2.05, 4.69) is 14.9 Å². The first-order chi connectivity index (χ1) is 8.22. The number of para-hydroxylation sites is 1. The Morgan fingerprint density at radius 2 is 2.06 bits per heavy atom. The van der Waals surface area contributed by atoms with Gasteiger partial charge in [-0.15, -0.1) is 0 Å². The Balaban J connectivity index is 1.97. The van der Waals surface area contributed by atoms with Gasteiger partial charge >= 0.3 is 0 Å². The summed E-state index contributed by atoms with van der Waals surface area (Å²) in [6, 6.07) is 7.96. The van der Waals surface area contributed by atoms with Gasteiger partial charge < -0.3 is 10.0 Å². The summed E-state index contributed by atoms with van der Waals surface area (Å²) in [4.78, 5) is 10.7. The predicted octanol–water partition coefficient (Wildman–Crippen LogP) is 1.59. The van der Waals surface area contributed by atoms with Gasteiger partial charge in [0.05, 0.1) is 11.1 Å². The Labute approximate surface area is 99.9 Å². The van der Waals surface area contributed by atoms with E-state index in [9.17, 15) is 5.11 Å². The van der Waals surface area contributed by atoms with E-state index in [1.165, 1.54) is 0 Å². The molecule has 0 bridgehead atoms. The second kappa shape index (κ2) is 3.67. The van der Waals surface area contributed by atoms with E-state index in [0.29, 0.717) is 13.1 Å². The second-order valence-electron chi connectivity index (χ2n) is 4.65. The van der Waals surface area contributed by atoms with Crippen molar-refractivity contribution in [2.24, 2.45) is 0 Å². The van der Waals surface area contributed by atoms with Crippen molar-refractivity contribution in [3.05, 3.63) is 30.6 Å². The fraction of sp³-hybridized carbons (Fsp3) is 0.385. The van der Waals surface area contributed by atoms with E-state index in [4.69, 9.17) is 0 Å². The number of benzene rings is 1. The van der Waals surface area contributed by atoms with Crippen LogP contribution in [0.25, 0.3) is 10.9 Å². The normalized spacial score (nSPS) is 18.1. The molecule has 0 amide bonds. The average molecular weight is 229 g/mol. The van der Waals surface area contributed by atoms with E-state index < -0.39 is 5.60 Å². The summed E-state index contributed by atoms with van der Waals surface area (Å²) >= 11 is 0. The zero-order chi connectivity index (χ0) is 11.9. The lowest BCUT2D eigenvalue weighted by atomic mass is 9.91. The SMILES string of the molecule is CCC1(O)CN(c2ncnc3ccccc23)C1. The lowest BCUT2D eigenvalue weighted by molar-refractivity contribution is 0.00823. The van der Waals surface area contributed by atoms with Gasteiger partial charge in [-0.05, 0) is 18.6 Å². The minimum absolute atomic E-state index is 0.536. The third kappa shape index (κ3) is 1.65. The number of hydrogen-bond donors (Lipinski definition) is 1. The highest BCUT2D eigenvalue weighted by atomic mass is 16.3. The van der Waals surface area contributed by atoms with Crippen LogP contribution in [0.1, 0.15) is 13.3 Å². The minimum Gasteiger partial charge on any atom is -0.386 e. The van der Waals surface area contributed by atoms with Crippen molar-refractivity contribution < 1.29 is 5.11 Å². The molecule has 2 heterocycles. The van der Waals surface area contributed by atoms with Crippen LogP contribution in [0.5, 0.6) is 0 Å². The van der Waals surface area contributed by atoms with Crippen molar-refractivity contribution in [3.8, 4) is 0 Å². The van der Waals surface area contributed by atoms with Crippen LogP contribution in [0.15, 0.2) is 30.6 Å². The average Bonchev–Trinajstić information content (AvgIpc) is 2.34. The van der Waals surface area contributed by atoms with Crippen molar-refractivity contribution in [2.45, 2.75) is 18.9 Å². The summed E-state index contributed by atoms with van der Waals surface area (Å²) in [6.07, 6.45) is 2.37. The molecule has 0 spiro atoms. The van der Waals surface area contributed by atoms with Crippen molar-refractivity contribution in [1.82, 2.24) is 9.97 Å². The lowest BCUT2D eigenvalue weighted by Gasteiger charge is -2.47. The second-order valence-corrected chi connectivity index (χ2v) is 4.65. The van der Waals surface area contributed by atoms with Crippen molar-refractivity contribution in [1.29, 1.82) is 0 Å². The maximum Gasteiger partial charge on any atom is 0.140 e. The Bertz CT molecular complexity index is 544. The van der Waals surface area contributed by atoms with E-state index in [1.807, 2.05) is 31.2 Å². The molecule has 2 aromatic rings. The summed E-state index contributed by atoms with van der Waals surface area (Å²) in [5.74, 6) is 0.925. The smallest absolute Gasteiger partial charge is 0.140 e. The van der Waals surface area contributed by atoms with Crippen LogP contribution in [0, 0.1) is 0 Å². The van der Waals surface area contributed by atoms with Crippen LogP contribution in [0.3, 0.4) is 0 Å². The van der Waals surface area contributed by atoms with Crippen LogP contribution in [-0.2, 0) is 0 Å². The highest BCUT2D eigenvalue weighted by molar-refractivity contribution is 5.89. The zero-order valence-electron chi connectivity index (χ0n) is 9.80. The maximum atomic E-state index is 10.0. The van der Waals surface area contributed by atoms with E-state index in [1.54, 1.807) is 6.33 Å². The summed E-state index contributed by atoms with van der Waals surface area (Å²) in [5.41, 5.74) is 0.413. The number of fused-ring (bicyclic) bond motifs is 1. The Kier molecular flexibility index (Phi) is 2.26. The zero-order valence-corrected chi connectivity index (χ0v) is 9.80. The lowest BCUT2D eigenvalue weighted by Crippen LogP contribution is -2.61. The molecule has 0 aliphatic carbocycles. The molecule has 0 radical (unpaired) electrons. The van der Waals surface area contributed by atoms with Gasteiger partial charge in [-0.1, -0.05) is 19.1 Å². The summed E-state index contributed by atoms with van der Waals surface area (Å²) in [5, 5.41) is 11.1. The van der Waals surface area contributed by atoms with Gasteiger partial charge in [-0.3, -0.25) is 0 Å². The van der Waals surface area contributed by atoms with Crippen molar-refractivity contribution >= 4 is 16.7 Å². The molecule has 1 aromatic carbocycles. The minimum atomic E-state index is -0.536. The van der Waals surface area contributed by atoms with Gasteiger partial charge in [0.2, 0.25) is 0 Å². The molecule has 88 valence electrons. The third-order valence-corrected chi connectivity index (χ3v) is 3.45. The molecule has 0 unspecified atom stereocenters. The molecule has 1 fully saturated rings. The summed E-state index contributed by atoms with van der Waals surface area (Å²) in [6.45, 7) is 3.32. The van der Waals surface area contributed by atoms with Crippen LogP contribution < -0.4 is 4.90 Å². The molecule has 0 saturated carbocycles. The molecule has 17 heavy (non-hydrogen) atoms. The molecule has 1 aromatic heterocycles. The van der Waals surface area contributed by atoms with Crippen LogP contribution in [-0.4, -0.2) is 33.8 Å². The van der Waals surface area contributed by atoms with E-state index in [-0.39, 0.29) is 0 Å². The highest BCUT2D eigenvalue weighted by Gasteiger charge is 2.40.